The normalized spacial score (nSPS) is 11.5. The van der Waals surface area contributed by atoms with E-state index in [4.69, 9.17) is 4.74 Å². The first-order chi connectivity index (χ1) is 11.5. The lowest BCUT2D eigenvalue weighted by molar-refractivity contribution is -0.123. The quantitative estimate of drug-likeness (QED) is 0.648. The molecule has 0 aliphatic rings. The standard InChI is InChI=1S/C20H24N2O2/c1-14(2)20(17-8-6-5-7-9-17)22-21-19(23)13-24-18-11-15(3)10-16(4)12-18/h5-12,14H,13H2,1-4H3,(H,21,23). The fourth-order valence-electron chi connectivity index (χ4n) is 2.46. The van der Waals surface area contributed by atoms with E-state index in [2.05, 4.69) is 16.6 Å². The Balaban J connectivity index is 1.98. The first-order valence-electron chi connectivity index (χ1n) is 8.08. The molecule has 0 heterocycles. The molecule has 0 saturated carbocycles. The maximum Gasteiger partial charge on any atom is 0.277 e. The highest BCUT2D eigenvalue weighted by molar-refractivity contribution is 6.02. The molecule has 0 aromatic heterocycles. The van der Waals surface area contributed by atoms with Gasteiger partial charge in [-0.25, -0.2) is 5.43 Å². The van der Waals surface area contributed by atoms with E-state index in [1.165, 1.54) is 0 Å². The van der Waals surface area contributed by atoms with Gasteiger partial charge in [0.15, 0.2) is 6.61 Å². The minimum atomic E-state index is -0.275. The Morgan fingerprint density at radius 2 is 1.71 bits per heavy atom. The van der Waals surface area contributed by atoms with E-state index < -0.39 is 0 Å². The Morgan fingerprint density at radius 1 is 1.08 bits per heavy atom. The highest BCUT2D eigenvalue weighted by Crippen LogP contribution is 2.16. The number of aryl methyl sites for hydroxylation is 2. The number of rotatable bonds is 6. The van der Waals surface area contributed by atoms with Crippen LogP contribution in [-0.4, -0.2) is 18.2 Å². The smallest absolute Gasteiger partial charge is 0.277 e. The predicted octanol–water partition coefficient (Wildman–Crippen LogP) is 3.86. The molecule has 1 amide bonds. The van der Waals surface area contributed by atoms with Gasteiger partial charge in [0.05, 0.1) is 5.71 Å². The predicted molar refractivity (Wildman–Crippen MR) is 97.4 cm³/mol. The highest BCUT2D eigenvalue weighted by Gasteiger charge is 2.09. The molecule has 0 saturated heterocycles. The monoisotopic (exact) mass is 324 g/mol. The van der Waals surface area contributed by atoms with E-state index in [-0.39, 0.29) is 18.4 Å². The summed E-state index contributed by atoms with van der Waals surface area (Å²) in [4.78, 5) is 12.0. The molecule has 24 heavy (non-hydrogen) atoms. The summed E-state index contributed by atoms with van der Waals surface area (Å²) in [5, 5.41) is 4.28. The van der Waals surface area contributed by atoms with Crippen LogP contribution < -0.4 is 10.2 Å². The molecule has 2 aromatic carbocycles. The summed E-state index contributed by atoms with van der Waals surface area (Å²) in [5.41, 5.74) is 6.64. The number of amides is 1. The van der Waals surface area contributed by atoms with Gasteiger partial charge in [-0.05, 0) is 48.6 Å². The lowest BCUT2D eigenvalue weighted by Gasteiger charge is -2.11. The minimum Gasteiger partial charge on any atom is -0.484 e. The highest BCUT2D eigenvalue weighted by atomic mass is 16.5. The summed E-state index contributed by atoms with van der Waals surface area (Å²) >= 11 is 0. The van der Waals surface area contributed by atoms with Crippen LogP contribution in [0, 0.1) is 19.8 Å². The van der Waals surface area contributed by atoms with E-state index >= 15 is 0 Å². The SMILES string of the molecule is Cc1cc(C)cc(OCC(=O)NN=C(c2ccccc2)C(C)C)c1. The van der Waals surface area contributed by atoms with Crippen LogP contribution in [0.5, 0.6) is 5.75 Å². The van der Waals surface area contributed by atoms with Crippen molar-refractivity contribution in [1.82, 2.24) is 5.43 Å². The van der Waals surface area contributed by atoms with Crippen LogP contribution in [0.3, 0.4) is 0 Å². The zero-order valence-corrected chi connectivity index (χ0v) is 14.7. The first kappa shape index (κ1) is 17.7. The van der Waals surface area contributed by atoms with Crippen LogP contribution in [0.15, 0.2) is 53.6 Å². The van der Waals surface area contributed by atoms with Gasteiger partial charge in [-0.3, -0.25) is 4.79 Å². The summed E-state index contributed by atoms with van der Waals surface area (Å²) in [6.07, 6.45) is 0. The lowest BCUT2D eigenvalue weighted by Crippen LogP contribution is -2.27. The third-order valence-electron chi connectivity index (χ3n) is 3.48. The fourth-order valence-corrected chi connectivity index (χ4v) is 2.46. The van der Waals surface area contributed by atoms with Gasteiger partial charge in [0, 0.05) is 0 Å². The fraction of sp³-hybridized carbons (Fsp3) is 0.300. The summed E-state index contributed by atoms with van der Waals surface area (Å²) in [6, 6.07) is 15.7. The Hall–Kier alpha value is -2.62. The van der Waals surface area contributed by atoms with Crippen LogP contribution >= 0.6 is 0 Å². The molecule has 2 aromatic rings. The molecule has 0 aliphatic heterocycles. The number of carbonyl (C=O) groups excluding carboxylic acids is 1. The Labute approximate surface area is 143 Å². The number of nitrogens with zero attached hydrogens (tertiary/aromatic N) is 1. The number of ether oxygens (including phenoxy) is 1. The Bertz CT molecular complexity index is 701. The van der Waals surface area contributed by atoms with Crippen molar-refractivity contribution in [3.05, 3.63) is 65.2 Å². The molecule has 1 N–H and O–H groups in total. The van der Waals surface area contributed by atoms with Crippen LogP contribution in [0.2, 0.25) is 0 Å². The van der Waals surface area contributed by atoms with Gasteiger partial charge in [0.1, 0.15) is 5.75 Å². The molecular formula is C20H24N2O2. The van der Waals surface area contributed by atoms with Crippen molar-refractivity contribution >= 4 is 11.6 Å². The van der Waals surface area contributed by atoms with Crippen LogP contribution in [-0.2, 0) is 4.79 Å². The molecule has 0 bridgehead atoms. The van der Waals surface area contributed by atoms with E-state index in [0.29, 0.717) is 5.75 Å². The van der Waals surface area contributed by atoms with E-state index in [1.54, 1.807) is 0 Å². The van der Waals surface area contributed by atoms with Gasteiger partial charge in [-0.2, -0.15) is 5.10 Å². The topological polar surface area (TPSA) is 50.7 Å². The average molecular weight is 324 g/mol. The molecule has 0 aliphatic carbocycles. The second-order valence-corrected chi connectivity index (χ2v) is 6.16. The molecule has 0 spiro atoms. The van der Waals surface area contributed by atoms with Crippen LogP contribution in [0.1, 0.15) is 30.5 Å². The number of hydrogen-bond donors (Lipinski definition) is 1. The third kappa shape index (κ3) is 5.23. The first-order valence-corrected chi connectivity index (χ1v) is 8.08. The van der Waals surface area contributed by atoms with E-state index in [9.17, 15) is 4.79 Å². The third-order valence-corrected chi connectivity index (χ3v) is 3.48. The van der Waals surface area contributed by atoms with Gasteiger partial charge >= 0.3 is 0 Å². The maximum atomic E-state index is 12.0. The number of nitrogens with one attached hydrogen (secondary N) is 1. The van der Waals surface area contributed by atoms with E-state index in [1.807, 2.05) is 70.2 Å². The van der Waals surface area contributed by atoms with Crippen molar-refractivity contribution < 1.29 is 9.53 Å². The Morgan fingerprint density at radius 3 is 2.29 bits per heavy atom. The van der Waals surface area contributed by atoms with Crippen molar-refractivity contribution in [1.29, 1.82) is 0 Å². The van der Waals surface area contributed by atoms with Gasteiger partial charge in [0.2, 0.25) is 0 Å². The van der Waals surface area contributed by atoms with Crippen molar-refractivity contribution in [3.63, 3.8) is 0 Å². The summed E-state index contributed by atoms with van der Waals surface area (Å²) in [6.45, 7) is 8.03. The van der Waals surface area contributed by atoms with Gasteiger partial charge in [0.25, 0.3) is 5.91 Å². The number of benzene rings is 2. The molecule has 4 heteroatoms. The zero-order chi connectivity index (χ0) is 17.5. The molecule has 0 radical (unpaired) electrons. The molecule has 4 nitrogen and oxygen atoms in total. The largest absolute Gasteiger partial charge is 0.484 e. The van der Waals surface area contributed by atoms with Crippen molar-refractivity contribution in [3.8, 4) is 5.75 Å². The van der Waals surface area contributed by atoms with Gasteiger partial charge in [-0.1, -0.05) is 50.2 Å². The van der Waals surface area contributed by atoms with Crippen LogP contribution in [0.4, 0.5) is 0 Å². The maximum absolute atomic E-state index is 12.0. The van der Waals surface area contributed by atoms with Gasteiger partial charge < -0.3 is 4.74 Å². The number of hydrazone groups is 1. The molecule has 0 unspecified atom stereocenters. The Kier molecular flexibility index (Phi) is 6.13. The minimum absolute atomic E-state index is 0.0629. The lowest BCUT2D eigenvalue weighted by atomic mass is 10.0. The molecular weight excluding hydrogens is 300 g/mol. The summed E-state index contributed by atoms with van der Waals surface area (Å²) < 4.78 is 5.55. The number of carbonyl (C=O) groups is 1. The zero-order valence-electron chi connectivity index (χ0n) is 14.7. The molecule has 0 fully saturated rings. The molecule has 2 rings (SSSR count). The van der Waals surface area contributed by atoms with E-state index in [0.717, 1.165) is 22.4 Å². The second-order valence-electron chi connectivity index (χ2n) is 6.16. The summed E-state index contributed by atoms with van der Waals surface area (Å²) in [5.74, 6) is 0.620. The van der Waals surface area contributed by atoms with Crippen molar-refractivity contribution in [2.24, 2.45) is 11.0 Å². The summed E-state index contributed by atoms with van der Waals surface area (Å²) in [7, 11) is 0. The van der Waals surface area contributed by atoms with Crippen LogP contribution in [0.25, 0.3) is 0 Å². The number of hydrogen-bond acceptors (Lipinski definition) is 3. The molecule has 126 valence electrons. The molecule has 0 atom stereocenters. The van der Waals surface area contributed by atoms with Gasteiger partial charge in [-0.15, -0.1) is 0 Å². The van der Waals surface area contributed by atoms with Crippen molar-refractivity contribution in [2.75, 3.05) is 6.61 Å². The second kappa shape index (κ2) is 8.29. The average Bonchev–Trinajstić information content (AvgIpc) is 2.53. The van der Waals surface area contributed by atoms with Crippen molar-refractivity contribution in [2.45, 2.75) is 27.7 Å².